The maximum absolute atomic E-state index is 14.1. The number of ether oxygens (including phenoxy) is 3. The summed E-state index contributed by atoms with van der Waals surface area (Å²) in [5, 5.41) is 8.99. The summed E-state index contributed by atoms with van der Waals surface area (Å²) in [6, 6.07) is 15.7. The Hall–Kier alpha value is -5.37. The van der Waals surface area contributed by atoms with E-state index in [0.717, 1.165) is 25.2 Å². The van der Waals surface area contributed by atoms with Crippen LogP contribution in [0.3, 0.4) is 0 Å². The molecule has 2 amide bonds. The van der Waals surface area contributed by atoms with Crippen molar-refractivity contribution in [2.45, 2.75) is 73.0 Å². The van der Waals surface area contributed by atoms with E-state index in [4.69, 9.17) is 14.2 Å². The van der Waals surface area contributed by atoms with E-state index in [1.165, 1.54) is 33.3 Å². The third-order valence-electron chi connectivity index (χ3n) is 8.30. The lowest BCUT2D eigenvalue weighted by Crippen LogP contribution is -2.41. The number of aromatic nitrogens is 1. The normalized spacial score (nSPS) is 13.0. The summed E-state index contributed by atoms with van der Waals surface area (Å²) in [5.41, 5.74) is 0.152. The van der Waals surface area contributed by atoms with Crippen molar-refractivity contribution in [1.82, 2.24) is 10.3 Å². The molecule has 4 aromatic rings. The van der Waals surface area contributed by atoms with Gasteiger partial charge >= 0.3 is 6.18 Å². The van der Waals surface area contributed by atoms with Crippen LogP contribution in [0.25, 0.3) is 10.9 Å². The van der Waals surface area contributed by atoms with Crippen LogP contribution in [0.5, 0.6) is 23.0 Å². The monoisotopic (exact) mass is 769 g/mol. The van der Waals surface area contributed by atoms with Crippen molar-refractivity contribution in [3.8, 4) is 23.0 Å². The number of benzene rings is 3. The molecule has 0 bridgehead atoms. The lowest BCUT2D eigenvalue weighted by Gasteiger charge is -2.35. The molecule has 1 aromatic heterocycles. The minimum atomic E-state index is -4.63. The zero-order valence-corrected chi connectivity index (χ0v) is 33.1. The highest BCUT2D eigenvalue weighted by Crippen LogP contribution is 2.40. The number of methoxy groups -OCH3 is 2. The van der Waals surface area contributed by atoms with Gasteiger partial charge in [-0.05, 0) is 69.3 Å². The highest BCUT2D eigenvalue weighted by atomic mass is 19.4. The number of hydrogen-bond donors (Lipinski definition) is 3. The van der Waals surface area contributed by atoms with Gasteiger partial charge in [0.05, 0.1) is 25.3 Å². The first-order chi connectivity index (χ1) is 26.4. The smallest absolute Gasteiger partial charge is 0.418 e. The number of rotatable bonds is 11. The number of hydrogen-bond acceptors (Lipinski definition) is 9. The highest BCUT2D eigenvalue weighted by molar-refractivity contribution is 6.10. The van der Waals surface area contributed by atoms with Crippen molar-refractivity contribution in [3.05, 3.63) is 72.4 Å². The van der Waals surface area contributed by atoms with Crippen molar-refractivity contribution < 1.29 is 41.8 Å². The van der Waals surface area contributed by atoms with Gasteiger partial charge in [0, 0.05) is 66.3 Å². The van der Waals surface area contributed by atoms with E-state index in [0.29, 0.717) is 59.1 Å². The maximum Gasteiger partial charge on any atom is 0.418 e. The second-order valence-electron chi connectivity index (χ2n) is 11.7. The van der Waals surface area contributed by atoms with Gasteiger partial charge in [-0.2, -0.15) is 13.2 Å². The predicted octanol–water partition coefficient (Wildman–Crippen LogP) is 9.11. The molecule has 11 nitrogen and oxygen atoms in total. The van der Waals surface area contributed by atoms with Gasteiger partial charge in [0.2, 0.25) is 11.8 Å². The number of carbonyl (C=O) groups is 3. The van der Waals surface area contributed by atoms with Crippen LogP contribution in [0.1, 0.15) is 66.4 Å². The molecule has 1 fully saturated rings. The van der Waals surface area contributed by atoms with Crippen molar-refractivity contribution in [1.29, 1.82) is 0 Å². The van der Waals surface area contributed by atoms with Gasteiger partial charge in [-0.15, -0.1) is 0 Å². The second kappa shape index (κ2) is 22.8. The van der Waals surface area contributed by atoms with E-state index in [-0.39, 0.29) is 17.4 Å². The largest absolute Gasteiger partial charge is 0.493 e. The molecule has 0 radical (unpaired) electrons. The molecule has 3 aromatic carbocycles. The third-order valence-corrected chi connectivity index (χ3v) is 8.30. The molecule has 2 heterocycles. The topological polar surface area (TPSA) is 131 Å². The molecule has 0 aliphatic carbocycles. The van der Waals surface area contributed by atoms with E-state index >= 15 is 0 Å². The first kappa shape index (κ1) is 45.8. The van der Waals surface area contributed by atoms with Crippen LogP contribution in [-0.4, -0.2) is 63.5 Å². The number of amides is 2. The van der Waals surface area contributed by atoms with Crippen LogP contribution in [-0.2, 0) is 20.6 Å². The Morgan fingerprint density at radius 1 is 0.891 bits per heavy atom. The van der Waals surface area contributed by atoms with Crippen LogP contribution in [0.4, 0.5) is 30.2 Å². The van der Waals surface area contributed by atoms with Gasteiger partial charge in [-0.1, -0.05) is 40.7 Å². The lowest BCUT2D eigenvalue weighted by molar-refractivity contribution is -0.137. The Balaban J connectivity index is 0.00000121. The molecular formula is C41H54F3N5O6. The summed E-state index contributed by atoms with van der Waals surface area (Å²) >= 11 is 0. The Labute approximate surface area is 321 Å². The Kier molecular flexibility index (Phi) is 18.9. The van der Waals surface area contributed by atoms with Crippen molar-refractivity contribution in [2.75, 3.05) is 49.9 Å². The molecule has 0 saturated carbocycles. The van der Waals surface area contributed by atoms with Gasteiger partial charge in [-0.3, -0.25) is 14.6 Å². The fourth-order valence-corrected chi connectivity index (χ4v) is 5.45. The molecule has 1 aliphatic rings. The average Bonchev–Trinajstić information content (AvgIpc) is 3.21. The van der Waals surface area contributed by atoms with Crippen molar-refractivity contribution in [2.24, 2.45) is 5.92 Å². The molecule has 3 N–H and O–H groups in total. The molecule has 1 atom stereocenters. The quantitative estimate of drug-likeness (QED) is 0.101. The highest BCUT2D eigenvalue weighted by Gasteiger charge is 2.36. The number of anilines is 3. The first-order valence-corrected chi connectivity index (χ1v) is 18.4. The number of fused-ring (bicyclic) bond motifs is 1. The first-order valence-electron chi connectivity index (χ1n) is 18.4. The minimum Gasteiger partial charge on any atom is -0.493 e. The van der Waals surface area contributed by atoms with Gasteiger partial charge in [-0.25, -0.2) is 0 Å². The summed E-state index contributed by atoms with van der Waals surface area (Å²) in [4.78, 5) is 41.2. The Morgan fingerprint density at radius 3 is 2.02 bits per heavy atom. The Bertz CT molecular complexity index is 1830. The maximum atomic E-state index is 14.1. The number of nitrogens with zero attached hydrogens (tertiary/aromatic N) is 2. The van der Waals surface area contributed by atoms with E-state index in [1.807, 2.05) is 41.7 Å². The van der Waals surface area contributed by atoms with Gasteiger partial charge in [0.1, 0.15) is 23.7 Å². The van der Waals surface area contributed by atoms with Crippen LogP contribution < -0.4 is 35.1 Å². The number of piperidine rings is 1. The van der Waals surface area contributed by atoms with Gasteiger partial charge in [0.15, 0.2) is 11.5 Å². The zero-order valence-electron chi connectivity index (χ0n) is 33.1. The number of alkyl halides is 3. The molecular weight excluding hydrogens is 715 g/mol. The molecule has 14 heteroatoms. The summed E-state index contributed by atoms with van der Waals surface area (Å²) in [6.45, 7) is 12.1. The summed E-state index contributed by atoms with van der Waals surface area (Å²) in [6.07, 6.45) is -0.0833. The lowest BCUT2D eigenvalue weighted by atomic mass is 10.0. The van der Waals surface area contributed by atoms with Gasteiger partial charge < -0.3 is 39.9 Å². The molecule has 0 spiro atoms. The summed E-state index contributed by atoms with van der Waals surface area (Å²) in [7, 11) is 4.90. The SMILES string of the molecule is CC.CC.CCC=O.CNC1CCN(c2ccc(NC(=O)C(C)C(=O)Nc3cccc(Oc4ccnc5cc(OC)c(OC)cc45)c3)cc2C(F)(F)F)CC1. The molecule has 1 saturated heterocycles. The van der Waals surface area contributed by atoms with Crippen LogP contribution >= 0.6 is 0 Å². The van der Waals surface area contributed by atoms with Crippen LogP contribution in [0.2, 0.25) is 0 Å². The van der Waals surface area contributed by atoms with Crippen molar-refractivity contribution in [3.63, 3.8) is 0 Å². The standard InChI is InChI=1S/C34H36F3N5O5.C3H6O.2C2H6/c1-20(33(44)41-23-8-9-28(26(17-23)34(35,36)37)42-14-11-21(38-2)12-15-42)32(43)40-22-6-5-7-24(16-22)47-29-10-13-39-27-19-31(46-4)30(45-3)18-25(27)29;1-2-3-4;2*1-2/h5-10,13,16-21,38H,11-12,14-15H2,1-4H3,(H,40,43)(H,41,44);3H,2H2,1H3;2*1-2H3. The third kappa shape index (κ3) is 12.9. The van der Waals surface area contributed by atoms with Gasteiger partial charge in [0.25, 0.3) is 0 Å². The molecule has 5 rings (SSSR count). The van der Waals surface area contributed by atoms with Crippen molar-refractivity contribution >= 4 is 46.1 Å². The van der Waals surface area contributed by atoms with E-state index < -0.39 is 29.5 Å². The summed E-state index contributed by atoms with van der Waals surface area (Å²) in [5.74, 6) is -0.715. The van der Waals surface area contributed by atoms with E-state index in [9.17, 15) is 27.6 Å². The van der Waals surface area contributed by atoms with E-state index in [1.54, 1.807) is 53.6 Å². The average molecular weight is 770 g/mol. The van der Waals surface area contributed by atoms with Crippen LogP contribution in [0, 0.1) is 5.92 Å². The zero-order chi connectivity index (χ0) is 41.1. The number of aldehydes is 1. The predicted molar refractivity (Wildman–Crippen MR) is 213 cm³/mol. The van der Waals surface area contributed by atoms with Crippen LogP contribution in [0.15, 0.2) is 66.9 Å². The second-order valence-corrected chi connectivity index (χ2v) is 11.7. The number of halogens is 3. The molecule has 1 aliphatic heterocycles. The summed E-state index contributed by atoms with van der Waals surface area (Å²) < 4.78 is 59.1. The molecule has 1 unspecified atom stereocenters. The molecule has 55 heavy (non-hydrogen) atoms. The minimum absolute atomic E-state index is 0.0509. The number of carbonyl (C=O) groups excluding carboxylic acids is 3. The molecule has 300 valence electrons. The Morgan fingerprint density at radius 2 is 1.47 bits per heavy atom. The fourth-order valence-electron chi connectivity index (χ4n) is 5.45. The van der Waals surface area contributed by atoms with E-state index in [2.05, 4.69) is 20.9 Å². The number of pyridine rings is 1. The number of nitrogens with one attached hydrogen (secondary N) is 3. The fraction of sp³-hybridized carbons (Fsp3) is 0.415.